The zero-order valence-corrected chi connectivity index (χ0v) is 15.7. The van der Waals surface area contributed by atoms with Gasteiger partial charge >= 0.3 is 12.0 Å². The molecule has 0 radical (unpaired) electrons. The SMILES string of the molecule is CC(=O)[C@@H](NC(=O)N[C@@H](CCC(=O)O)c1nc(C2COCCN2)no1)C(C)O. The Hall–Kier alpha value is -2.57. The van der Waals surface area contributed by atoms with Crippen LogP contribution in [-0.2, 0) is 14.3 Å². The number of nitrogens with one attached hydrogen (secondary N) is 3. The molecule has 0 saturated carbocycles. The number of hydrogen-bond acceptors (Lipinski definition) is 9. The Morgan fingerprint density at radius 2 is 2.11 bits per heavy atom. The van der Waals surface area contributed by atoms with Crippen LogP contribution in [0.3, 0.4) is 0 Å². The molecule has 1 aromatic rings. The van der Waals surface area contributed by atoms with E-state index < -0.39 is 36.0 Å². The van der Waals surface area contributed by atoms with Crippen molar-refractivity contribution in [1.82, 2.24) is 26.1 Å². The molecule has 4 atom stereocenters. The number of hydrogen-bond donors (Lipinski definition) is 5. The standard InChI is InChI=1S/C16H25N5O7/c1-8(22)13(9(2)23)19-16(26)18-10(3-4-12(24)25)15-20-14(21-28-15)11-7-27-6-5-17-11/h8,10-11,13,17,22H,3-7H2,1-2H3,(H,24,25)(H2,18,19,26)/t8?,10-,11?,13-/m0/s1. The molecule has 2 amide bonds. The second kappa shape index (κ2) is 10.1. The van der Waals surface area contributed by atoms with Crippen molar-refractivity contribution in [1.29, 1.82) is 0 Å². The summed E-state index contributed by atoms with van der Waals surface area (Å²) in [7, 11) is 0. The molecule has 28 heavy (non-hydrogen) atoms. The van der Waals surface area contributed by atoms with Gasteiger partial charge in [-0.1, -0.05) is 5.16 Å². The van der Waals surface area contributed by atoms with Gasteiger partial charge in [-0.05, 0) is 20.3 Å². The van der Waals surface area contributed by atoms with Crippen molar-refractivity contribution in [2.45, 2.75) is 50.9 Å². The Kier molecular flexibility index (Phi) is 7.84. The lowest BCUT2D eigenvalue weighted by Gasteiger charge is -2.21. The van der Waals surface area contributed by atoms with Gasteiger partial charge in [-0.3, -0.25) is 9.59 Å². The lowest BCUT2D eigenvalue weighted by atomic mass is 10.1. The molecule has 0 bridgehead atoms. The van der Waals surface area contributed by atoms with E-state index in [0.29, 0.717) is 25.6 Å². The van der Waals surface area contributed by atoms with Crippen LogP contribution in [0.2, 0.25) is 0 Å². The Bertz CT molecular complexity index is 687. The number of aromatic nitrogens is 2. The fraction of sp³-hybridized carbons (Fsp3) is 0.688. The van der Waals surface area contributed by atoms with Gasteiger partial charge in [0.15, 0.2) is 11.6 Å². The van der Waals surface area contributed by atoms with Crippen LogP contribution >= 0.6 is 0 Å². The van der Waals surface area contributed by atoms with Crippen molar-refractivity contribution in [3.8, 4) is 0 Å². The Morgan fingerprint density at radius 3 is 2.68 bits per heavy atom. The quantitative estimate of drug-likeness (QED) is 0.356. The zero-order chi connectivity index (χ0) is 20.7. The van der Waals surface area contributed by atoms with E-state index in [1.54, 1.807) is 0 Å². The summed E-state index contributed by atoms with van der Waals surface area (Å²) >= 11 is 0. The van der Waals surface area contributed by atoms with Gasteiger partial charge in [0.2, 0.25) is 5.89 Å². The van der Waals surface area contributed by atoms with Crippen LogP contribution in [0.1, 0.15) is 50.5 Å². The van der Waals surface area contributed by atoms with Gasteiger partial charge in [-0.2, -0.15) is 4.98 Å². The Morgan fingerprint density at radius 1 is 1.36 bits per heavy atom. The third-order valence-electron chi connectivity index (χ3n) is 4.15. The van der Waals surface area contributed by atoms with Gasteiger partial charge in [-0.25, -0.2) is 4.79 Å². The average Bonchev–Trinajstić information content (AvgIpc) is 3.13. The van der Waals surface area contributed by atoms with Gasteiger partial charge in [-0.15, -0.1) is 0 Å². The maximum absolute atomic E-state index is 12.2. The first kappa shape index (κ1) is 21.7. The first-order valence-corrected chi connectivity index (χ1v) is 8.90. The lowest BCUT2D eigenvalue weighted by Crippen LogP contribution is -2.51. The van der Waals surface area contributed by atoms with Crippen LogP contribution < -0.4 is 16.0 Å². The summed E-state index contributed by atoms with van der Waals surface area (Å²) in [6.07, 6.45) is -1.34. The van der Waals surface area contributed by atoms with E-state index in [2.05, 4.69) is 26.1 Å². The molecule has 1 aromatic heterocycles. The number of Topliss-reactive ketones (excluding diaryl/α,β-unsaturated/α-hetero) is 1. The monoisotopic (exact) mass is 399 g/mol. The van der Waals surface area contributed by atoms with Gasteiger partial charge in [0.05, 0.1) is 25.4 Å². The number of rotatable bonds is 9. The van der Waals surface area contributed by atoms with E-state index in [9.17, 15) is 19.5 Å². The largest absolute Gasteiger partial charge is 0.481 e. The minimum atomic E-state index is -1.10. The Labute approximate surface area is 161 Å². The molecule has 1 aliphatic rings. The fourth-order valence-corrected chi connectivity index (χ4v) is 2.69. The smallest absolute Gasteiger partial charge is 0.316 e. The summed E-state index contributed by atoms with van der Waals surface area (Å²) in [5, 5.41) is 30.5. The number of carbonyl (C=O) groups is 3. The van der Waals surface area contributed by atoms with Crippen LogP contribution in [0.15, 0.2) is 4.52 Å². The molecule has 12 heteroatoms. The molecule has 2 rings (SSSR count). The molecule has 1 saturated heterocycles. The van der Waals surface area contributed by atoms with Gasteiger partial charge in [0, 0.05) is 13.0 Å². The van der Waals surface area contributed by atoms with Crippen LogP contribution in [0.25, 0.3) is 0 Å². The van der Waals surface area contributed by atoms with Crippen molar-refractivity contribution < 1.29 is 33.9 Å². The summed E-state index contributed by atoms with van der Waals surface area (Å²) in [5.41, 5.74) is 0. The van der Waals surface area contributed by atoms with Crippen LogP contribution in [-0.4, -0.2) is 70.0 Å². The maximum Gasteiger partial charge on any atom is 0.316 e. The summed E-state index contributed by atoms with van der Waals surface area (Å²) < 4.78 is 10.5. The number of ketones is 1. The Balaban J connectivity index is 2.08. The van der Waals surface area contributed by atoms with Gasteiger partial charge in [0.25, 0.3) is 0 Å². The number of urea groups is 1. The number of ether oxygens (including phenoxy) is 1. The minimum Gasteiger partial charge on any atom is -0.481 e. The number of morpholine rings is 1. The van der Waals surface area contributed by atoms with Crippen molar-refractivity contribution >= 4 is 17.8 Å². The second-order valence-electron chi connectivity index (χ2n) is 6.50. The van der Waals surface area contributed by atoms with Crippen molar-refractivity contribution in [3.63, 3.8) is 0 Å². The summed E-state index contributed by atoms with van der Waals surface area (Å²) in [5.74, 6) is -1.10. The number of aliphatic hydroxyl groups excluding tert-OH is 1. The zero-order valence-electron chi connectivity index (χ0n) is 15.7. The van der Waals surface area contributed by atoms with Crippen LogP contribution in [0.4, 0.5) is 4.79 Å². The number of nitrogens with zero attached hydrogens (tertiary/aromatic N) is 2. The van der Waals surface area contributed by atoms with Crippen LogP contribution in [0, 0.1) is 0 Å². The molecule has 0 aromatic carbocycles. The normalized spacial score (nSPS) is 20.0. The average molecular weight is 399 g/mol. The molecule has 2 unspecified atom stereocenters. The molecule has 156 valence electrons. The third kappa shape index (κ3) is 6.25. The fourth-order valence-electron chi connectivity index (χ4n) is 2.69. The number of carbonyl (C=O) groups excluding carboxylic acids is 2. The van der Waals surface area contributed by atoms with Crippen molar-refractivity contribution in [2.24, 2.45) is 0 Å². The summed E-state index contributed by atoms with van der Waals surface area (Å²) in [6, 6.07) is -3.02. The van der Waals surface area contributed by atoms with E-state index in [1.165, 1.54) is 13.8 Å². The predicted octanol–water partition coefficient (Wildman–Crippen LogP) is -0.726. The molecule has 5 N–H and O–H groups in total. The number of carboxylic acid groups (broad SMARTS) is 1. The molecule has 1 fully saturated rings. The summed E-state index contributed by atoms with van der Waals surface area (Å²) in [4.78, 5) is 38.9. The summed E-state index contributed by atoms with van der Waals surface area (Å²) in [6.45, 7) is 4.18. The highest BCUT2D eigenvalue weighted by Gasteiger charge is 2.28. The number of amides is 2. The molecule has 12 nitrogen and oxygen atoms in total. The highest BCUT2D eigenvalue weighted by atomic mass is 16.5. The number of aliphatic carboxylic acids is 1. The topological polar surface area (TPSA) is 176 Å². The van der Waals surface area contributed by atoms with Crippen molar-refractivity contribution in [3.05, 3.63) is 11.7 Å². The van der Waals surface area contributed by atoms with Crippen molar-refractivity contribution in [2.75, 3.05) is 19.8 Å². The molecule has 0 spiro atoms. The molecule has 2 heterocycles. The van der Waals surface area contributed by atoms with Crippen LogP contribution in [0.5, 0.6) is 0 Å². The highest BCUT2D eigenvalue weighted by molar-refractivity contribution is 5.87. The first-order valence-electron chi connectivity index (χ1n) is 8.90. The van der Waals surface area contributed by atoms with Gasteiger partial charge < -0.3 is 35.4 Å². The van der Waals surface area contributed by atoms with E-state index >= 15 is 0 Å². The highest BCUT2D eigenvalue weighted by Crippen LogP contribution is 2.20. The predicted molar refractivity (Wildman–Crippen MR) is 93.3 cm³/mol. The number of carboxylic acids is 1. The molecular formula is C16H25N5O7. The molecule has 1 aliphatic heterocycles. The molecular weight excluding hydrogens is 374 g/mol. The molecule has 0 aliphatic carbocycles. The van der Waals surface area contributed by atoms with E-state index in [0.717, 1.165) is 0 Å². The van der Waals surface area contributed by atoms with E-state index in [1.807, 2.05) is 0 Å². The van der Waals surface area contributed by atoms with Gasteiger partial charge in [0.1, 0.15) is 12.1 Å². The second-order valence-corrected chi connectivity index (χ2v) is 6.50. The third-order valence-corrected chi connectivity index (χ3v) is 4.15. The minimum absolute atomic E-state index is 0.00159. The van der Waals surface area contributed by atoms with E-state index in [-0.39, 0.29) is 24.8 Å². The number of aliphatic hydroxyl groups is 1. The lowest BCUT2D eigenvalue weighted by molar-refractivity contribution is -0.137. The maximum atomic E-state index is 12.2. The first-order chi connectivity index (χ1) is 13.3. The van der Waals surface area contributed by atoms with E-state index in [4.69, 9.17) is 14.4 Å².